The molecule has 25 heavy (non-hydrogen) atoms. The van der Waals surface area contributed by atoms with Crippen LogP contribution in [0.2, 0.25) is 0 Å². The van der Waals surface area contributed by atoms with Crippen LogP contribution in [-0.2, 0) is 25.7 Å². The highest BCUT2D eigenvalue weighted by molar-refractivity contribution is 6.00. The maximum absolute atomic E-state index is 12.4. The molecule has 1 heterocycles. The minimum absolute atomic E-state index is 0.00398. The molecule has 0 saturated heterocycles. The highest BCUT2D eigenvalue weighted by Gasteiger charge is 2.33. The number of aromatic nitrogens is 1. The third kappa shape index (κ3) is 4.84. The lowest BCUT2D eigenvalue weighted by Gasteiger charge is -2.14. The van der Waals surface area contributed by atoms with Gasteiger partial charge in [-0.25, -0.2) is 0 Å². The van der Waals surface area contributed by atoms with Crippen molar-refractivity contribution in [3.05, 3.63) is 69.9 Å². The molecule has 130 valence electrons. The summed E-state index contributed by atoms with van der Waals surface area (Å²) in [6, 6.07) is 11.4. The normalized spacial score (nSPS) is 11.4. The zero-order valence-corrected chi connectivity index (χ0v) is 13.5. The first-order chi connectivity index (χ1) is 12.0. The molecule has 0 radical (unpaired) electrons. The maximum atomic E-state index is 12.4. The van der Waals surface area contributed by atoms with E-state index in [1.54, 1.807) is 31.2 Å². The van der Waals surface area contributed by atoms with Gasteiger partial charge in [0, 0.05) is 11.6 Å². The molecule has 8 nitrogen and oxygen atoms in total. The van der Waals surface area contributed by atoms with Gasteiger partial charge in [0.15, 0.2) is 5.92 Å². The number of carbonyl (C=O) groups is 2. The fraction of sp³-hybridized carbons (Fsp3) is 0.235. The summed E-state index contributed by atoms with van der Waals surface area (Å²) in [4.78, 5) is 38.1. The van der Waals surface area contributed by atoms with Crippen LogP contribution in [0.15, 0.2) is 48.7 Å². The molecule has 1 unspecified atom stereocenters. The standard InChI is InChI=1S/C17H16N2O6/c1-2-24-16(20)15(13-8-9-14(18-10-13)19(22)23)17(21)25-11-12-6-4-3-5-7-12/h3-10,15H,2,11H2,1H3. The highest BCUT2D eigenvalue weighted by atomic mass is 16.6. The third-order valence-electron chi connectivity index (χ3n) is 3.27. The fourth-order valence-corrected chi connectivity index (χ4v) is 2.08. The summed E-state index contributed by atoms with van der Waals surface area (Å²) in [5, 5.41) is 10.7. The molecule has 8 heteroatoms. The van der Waals surface area contributed by atoms with E-state index in [1.807, 2.05) is 6.07 Å². The minimum Gasteiger partial charge on any atom is -0.465 e. The minimum atomic E-state index is -1.35. The van der Waals surface area contributed by atoms with Gasteiger partial charge in [0.1, 0.15) is 12.8 Å². The molecule has 1 aromatic carbocycles. The predicted molar refractivity (Wildman–Crippen MR) is 86.5 cm³/mol. The Morgan fingerprint density at radius 2 is 1.80 bits per heavy atom. The summed E-state index contributed by atoms with van der Waals surface area (Å²) in [6.45, 7) is 1.69. The van der Waals surface area contributed by atoms with Crippen LogP contribution < -0.4 is 0 Å². The molecule has 0 aliphatic carbocycles. The fourth-order valence-electron chi connectivity index (χ4n) is 2.08. The van der Waals surface area contributed by atoms with E-state index in [2.05, 4.69) is 4.98 Å². The smallest absolute Gasteiger partial charge is 0.363 e. The van der Waals surface area contributed by atoms with E-state index >= 15 is 0 Å². The van der Waals surface area contributed by atoms with Crippen molar-refractivity contribution in [2.24, 2.45) is 0 Å². The quantitative estimate of drug-likeness (QED) is 0.328. The van der Waals surface area contributed by atoms with Crippen LogP contribution in [0, 0.1) is 10.1 Å². The van der Waals surface area contributed by atoms with Gasteiger partial charge in [-0.15, -0.1) is 0 Å². The average molecular weight is 344 g/mol. The first kappa shape index (κ1) is 18.1. The number of hydrogen-bond donors (Lipinski definition) is 0. The summed E-state index contributed by atoms with van der Waals surface area (Å²) < 4.78 is 10.1. The lowest BCUT2D eigenvalue weighted by atomic mass is 10.0. The van der Waals surface area contributed by atoms with Gasteiger partial charge in [0.2, 0.25) is 0 Å². The van der Waals surface area contributed by atoms with Gasteiger partial charge in [0.05, 0.1) is 6.61 Å². The molecular weight excluding hydrogens is 328 g/mol. The zero-order valence-electron chi connectivity index (χ0n) is 13.5. The SMILES string of the molecule is CCOC(=O)C(C(=O)OCc1ccccc1)c1ccc([N+](=O)[O-])nc1. The van der Waals surface area contributed by atoms with E-state index in [-0.39, 0.29) is 24.6 Å². The first-order valence-corrected chi connectivity index (χ1v) is 7.50. The van der Waals surface area contributed by atoms with Gasteiger partial charge in [-0.1, -0.05) is 30.3 Å². The third-order valence-corrected chi connectivity index (χ3v) is 3.27. The summed E-state index contributed by atoms with van der Waals surface area (Å²) in [6.07, 6.45) is 1.10. The Morgan fingerprint density at radius 1 is 1.12 bits per heavy atom. The van der Waals surface area contributed by atoms with E-state index in [0.29, 0.717) is 0 Å². The molecule has 1 atom stereocenters. The number of carbonyl (C=O) groups excluding carboxylic acids is 2. The van der Waals surface area contributed by atoms with Gasteiger partial charge in [-0.05, 0) is 28.5 Å². The van der Waals surface area contributed by atoms with Crippen LogP contribution in [0.3, 0.4) is 0 Å². The Balaban J connectivity index is 2.18. The van der Waals surface area contributed by atoms with Crippen molar-refractivity contribution in [1.29, 1.82) is 0 Å². The molecule has 0 N–H and O–H groups in total. The lowest BCUT2D eigenvalue weighted by molar-refractivity contribution is -0.389. The Labute approximate surface area is 143 Å². The summed E-state index contributed by atoms with van der Waals surface area (Å²) in [5.74, 6) is -3.34. The molecule has 2 aromatic rings. The number of ether oxygens (including phenoxy) is 2. The number of esters is 2. The number of nitrogens with zero attached hydrogens (tertiary/aromatic N) is 2. The number of benzene rings is 1. The molecule has 0 bridgehead atoms. The summed E-state index contributed by atoms with van der Waals surface area (Å²) in [5.41, 5.74) is 0.933. The Morgan fingerprint density at radius 3 is 2.36 bits per heavy atom. The second-order valence-electron chi connectivity index (χ2n) is 4.99. The molecule has 0 amide bonds. The largest absolute Gasteiger partial charge is 0.465 e. The van der Waals surface area contributed by atoms with Crippen molar-refractivity contribution in [2.45, 2.75) is 19.4 Å². The highest BCUT2D eigenvalue weighted by Crippen LogP contribution is 2.21. The first-order valence-electron chi connectivity index (χ1n) is 7.50. The molecule has 0 saturated carbocycles. The zero-order chi connectivity index (χ0) is 18.2. The average Bonchev–Trinajstić information content (AvgIpc) is 2.62. The van der Waals surface area contributed by atoms with Crippen LogP contribution in [0.1, 0.15) is 24.0 Å². The Hall–Kier alpha value is -3.29. The van der Waals surface area contributed by atoms with Gasteiger partial charge >= 0.3 is 17.8 Å². The van der Waals surface area contributed by atoms with Crippen molar-refractivity contribution >= 4 is 17.8 Å². The number of nitro groups is 1. The number of pyridine rings is 1. The van der Waals surface area contributed by atoms with E-state index < -0.39 is 22.8 Å². The van der Waals surface area contributed by atoms with Gasteiger partial charge in [-0.2, -0.15) is 0 Å². The summed E-state index contributed by atoms with van der Waals surface area (Å²) >= 11 is 0. The second-order valence-corrected chi connectivity index (χ2v) is 4.99. The summed E-state index contributed by atoms with van der Waals surface area (Å²) in [7, 11) is 0. The van der Waals surface area contributed by atoms with Crippen molar-refractivity contribution in [3.8, 4) is 0 Å². The molecule has 1 aromatic heterocycles. The molecule has 0 fully saturated rings. The van der Waals surface area contributed by atoms with Crippen LogP contribution in [0.4, 0.5) is 5.82 Å². The topological polar surface area (TPSA) is 109 Å². The van der Waals surface area contributed by atoms with Crippen LogP contribution >= 0.6 is 0 Å². The van der Waals surface area contributed by atoms with Crippen molar-refractivity contribution < 1.29 is 24.0 Å². The maximum Gasteiger partial charge on any atom is 0.363 e. The van der Waals surface area contributed by atoms with Crippen molar-refractivity contribution in [1.82, 2.24) is 4.98 Å². The van der Waals surface area contributed by atoms with Crippen molar-refractivity contribution in [3.63, 3.8) is 0 Å². The van der Waals surface area contributed by atoms with Crippen LogP contribution in [0.5, 0.6) is 0 Å². The Bertz CT molecular complexity index is 745. The van der Waals surface area contributed by atoms with Gasteiger partial charge in [-0.3, -0.25) is 9.59 Å². The van der Waals surface area contributed by atoms with E-state index in [4.69, 9.17) is 9.47 Å². The van der Waals surface area contributed by atoms with E-state index in [0.717, 1.165) is 17.8 Å². The van der Waals surface area contributed by atoms with E-state index in [1.165, 1.54) is 6.07 Å². The molecule has 2 rings (SSSR count). The monoisotopic (exact) mass is 344 g/mol. The molecular formula is C17H16N2O6. The number of hydrogen-bond acceptors (Lipinski definition) is 7. The lowest BCUT2D eigenvalue weighted by Crippen LogP contribution is -2.26. The Kier molecular flexibility index (Phi) is 6.16. The van der Waals surface area contributed by atoms with Crippen molar-refractivity contribution in [2.75, 3.05) is 6.61 Å². The predicted octanol–water partition coefficient (Wildman–Crippen LogP) is 2.38. The molecule has 0 spiro atoms. The van der Waals surface area contributed by atoms with Gasteiger partial charge in [0.25, 0.3) is 0 Å². The van der Waals surface area contributed by atoms with Crippen LogP contribution in [0.25, 0.3) is 0 Å². The van der Waals surface area contributed by atoms with E-state index in [9.17, 15) is 19.7 Å². The molecule has 0 aliphatic rings. The second kappa shape index (κ2) is 8.53. The van der Waals surface area contributed by atoms with Gasteiger partial charge < -0.3 is 19.6 Å². The molecule has 0 aliphatic heterocycles. The van der Waals surface area contributed by atoms with Crippen LogP contribution in [-0.4, -0.2) is 28.5 Å². The number of rotatable bonds is 7.